The second kappa shape index (κ2) is 6.45. The Kier molecular flexibility index (Phi) is 5.22. The highest BCUT2D eigenvalue weighted by molar-refractivity contribution is 5.29. The van der Waals surface area contributed by atoms with Gasteiger partial charge in [0.05, 0.1) is 7.11 Å². The summed E-state index contributed by atoms with van der Waals surface area (Å²) in [5.41, 5.74) is 0.868. The van der Waals surface area contributed by atoms with Crippen LogP contribution in [0.3, 0.4) is 0 Å². The second-order valence-electron chi connectivity index (χ2n) is 3.78. The summed E-state index contributed by atoms with van der Waals surface area (Å²) in [6, 6.07) is 4.88. The first-order valence-electron chi connectivity index (χ1n) is 5.29. The Hall–Kier alpha value is -1.13. The number of halogens is 1. The Bertz CT molecular complexity index is 331. The molecule has 0 aliphatic rings. The SMILES string of the molecule is CNCC(CO)Cc1ccc(OC)c(F)c1. The molecule has 0 spiro atoms. The van der Waals surface area contributed by atoms with Crippen LogP contribution in [-0.4, -0.2) is 32.4 Å². The highest BCUT2D eigenvalue weighted by atomic mass is 19.1. The van der Waals surface area contributed by atoms with E-state index in [1.807, 2.05) is 13.1 Å². The molecule has 0 bridgehead atoms. The molecular weight excluding hydrogens is 209 g/mol. The number of nitrogens with one attached hydrogen (secondary N) is 1. The minimum atomic E-state index is -0.360. The predicted octanol–water partition coefficient (Wildman–Crippen LogP) is 1.20. The monoisotopic (exact) mass is 227 g/mol. The summed E-state index contributed by atoms with van der Waals surface area (Å²) >= 11 is 0. The van der Waals surface area contributed by atoms with Gasteiger partial charge in [0.2, 0.25) is 0 Å². The first kappa shape index (κ1) is 12.9. The summed E-state index contributed by atoms with van der Waals surface area (Å²) in [4.78, 5) is 0. The highest BCUT2D eigenvalue weighted by Gasteiger charge is 2.09. The largest absolute Gasteiger partial charge is 0.494 e. The van der Waals surface area contributed by atoms with Crippen LogP contribution >= 0.6 is 0 Å². The van der Waals surface area contributed by atoms with Crippen LogP contribution in [0.4, 0.5) is 4.39 Å². The molecular formula is C12H18FNO2. The van der Waals surface area contributed by atoms with Crippen LogP contribution in [0.15, 0.2) is 18.2 Å². The third-order valence-corrected chi connectivity index (χ3v) is 2.49. The van der Waals surface area contributed by atoms with E-state index < -0.39 is 0 Å². The summed E-state index contributed by atoms with van der Waals surface area (Å²) in [5, 5.41) is 12.1. The lowest BCUT2D eigenvalue weighted by atomic mass is 10.00. The summed E-state index contributed by atoms with van der Waals surface area (Å²) in [6.07, 6.45) is 0.651. The van der Waals surface area contributed by atoms with Crippen LogP contribution in [0.5, 0.6) is 5.75 Å². The molecule has 1 rings (SSSR count). The lowest BCUT2D eigenvalue weighted by Crippen LogP contribution is -2.23. The molecule has 0 radical (unpaired) electrons. The highest BCUT2D eigenvalue weighted by Crippen LogP contribution is 2.19. The zero-order valence-corrected chi connectivity index (χ0v) is 9.66. The number of hydrogen-bond acceptors (Lipinski definition) is 3. The molecule has 3 nitrogen and oxygen atoms in total. The van der Waals surface area contributed by atoms with Gasteiger partial charge in [-0.2, -0.15) is 0 Å². The molecule has 1 unspecified atom stereocenters. The van der Waals surface area contributed by atoms with Gasteiger partial charge in [0.15, 0.2) is 11.6 Å². The fourth-order valence-corrected chi connectivity index (χ4v) is 1.66. The number of hydrogen-bond donors (Lipinski definition) is 2. The number of ether oxygens (including phenoxy) is 1. The van der Waals surface area contributed by atoms with E-state index in [0.29, 0.717) is 13.0 Å². The minimum Gasteiger partial charge on any atom is -0.494 e. The van der Waals surface area contributed by atoms with Crippen molar-refractivity contribution in [3.8, 4) is 5.75 Å². The average Bonchev–Trinajstić information content (AvgIpc) is 2.28. The van der Waals surface area contributed by atoms with Crippen LogP contribution in [0, 0.1) is 11.7 Å². The molecule has 0 heterocycles. The molecule has 1 atom stereocenters. The van der Waals surface area contributed by atoms with Crippen LogP contribution in [-0.2, 0) is 6.42 Å². The molecule has 0 saturated heterocycles. The Morgan fingerprint density at radius 2 is 2.25 bits per heavy atom. The van der Waals surface area contributed by atoms with Crippen molar-refractivity contribution in [2.75, 3.05) is 27.3 Å². The summed E-state index contributed by atoms with van der Waals surface area (Å²) in [6.45, 7) is 0.804. The topological polar surface area (TPSA) is 41.5 Å². The maximum absolute atomic E-state index is 13.4. The minimum absolute atomic E-state index is 0.0918. The molecule has 1 aromatic rings. The molecule has 1 aromatic carbocycles. The lowest BCUT2D eigenvalue weighted by molar-refractivity contribution is 0.224. The van der Waals surface area contributed by atoms with Gasteiger partial charge < -0.3 is 15.2 Å². The van der Waals surface area contributed by atoms with E-state index in [-0.39, 0.29) is 24.1 Å². The molecule has 0 saturated carbocycles. The van der Waals surface area contributed by atoms with Crippen LogP contribution < -0.4 is 10.1 Å². The smallest absolute Gasteiger partial charge is 0.165 e. The predicted molar refractivity (Wildman–Crippen MR) is 61.2 cm³/mol. The van der Waals surface area contributed by atoms with Crippen molar-refractivity contribution in [1.29, 1.82) is 0 Å². The van der Waals surface area contributed by atoms with Gasteiger partial charge in [-0.25, -0.2) is 4.39 Å². The number of aliphatic hydroxyl groups excluding tert-OH is 1. The number of methoxy groups -OCH3 is 1. The van der Waals surface area contributed by atoms with Gasteiger partial charge in [0.25, 0.3) is 0 Å². The van der Waals surface area contributed by atoms with Crippen molar-refractivity contribution in [3.63, 3.8) is 0 Å². The van der Waals surface area contributed by atoms with Gasteiger partial charge in [-0.05, 0) is 37.1 Å². The molecule has 16 heavy (non-hydrogen) atoms. The molecule has 2 N–H and O–H groups in total. The Balaban J connectivity index is 2.69. The van der Waals surface area contributed by atoms with Gasteiger partial charge in [-0.15, -0.1) is 0 Å². The second-order valence-corrected chi connectivity index (χ2v) is 3.78. The van der Waals surface area contributed by atoms with Crippen molar-refractivity contribution >= 4 is 0 Å². The zero-order chi connectivity index (χ0) is 12.0. The standard InChI is InChI=1S/C12H18FNO2/c1-14-7-10(8-15)5-9-3-4-12(16-2)11(13)6-9/h3-4,6,10,14-15H,5,7-8H2,1-2H3. The molecule has 4 heteroatoms. The summed E-state index contributed by atoms with van der Waals surface area (Å²) in [7, 11) is 3.27. The van der Waals surface area contributed by atoms with E-state index in [2.05, 4.69) is 5.32 Å². The molecule has 90 valence electrons. The number of benzene rings is 1. The molecule has 0 aliphatic carbocycles. The van der Waals surface area contributed by atoms with Crippen LogP contribution in [0.2, 0.25) is 0 Å². The first-order chi connectivity index (χ1) is 7.71. The van der Waals surface area contributed by atoms with Gasteiger partial charge in [-0.1, -0.05) is 6.07 Å². The van der Waals surface area contributed by atoms with E-state index >= 15 is 0 Å². The normalized spacial score (nSPS) is 12.5. The fraction of sp³-hybridized carbons (Fsp3) is 0.500. The van der Waals surface area contributed by atoms with E-state index in [1.165, 1.54) is 13.2 Å². The third kappa shape index (κ3) is 3.47. The maximum atomic E-state index is 13.4. The van der Waals surface area contributed by atoms with Crippen molar-refractivity contribution < 1.29 is 14.2 Å². The fourth-order valence-electron chi connectivity index (χ4n) is 1.66. The quantitative estimate of drug-likeness (QED) is 0.767. The summed E-state index contributed by atoms with van der Waals surface area (Å²) in [5.74, 6) is -0.00291. The molecule has 0 fully saturated rings. The molecule has 0 aliphatic heterocycles. The Labute approximate surface area is 95.2 Å². The molecule has 0 amide bonds. The molecule has 0 aromatic heterocycles. The van der Waals surface area contributed by atoms with E-state index in [1.54, 1.807) is 6.07 Å². The maximum Gasteiger partial charge on any atom is 0.165 e. The van der Waals surface area contributed by atoms with Gasteiger partial charge in [0, 0.05) is 13.2 Å². The Morgan fingerprint density at radius 3 is 2.75 bits per heavy atom. The number of rotatable bonds is 6. The van der Waals surface area contributed by atoms with Crippen molar-refractivity contribution in [2.24, 2.45) is 5.92 Å². The lowest BCUT2D eigenvalue weighted by Gasteiger charge is -2.13. The van der Waals surface area contributed by atoms with Crippen molar-refractivity contribution in [2.45, 2.75) is 6.42 Å². The average molecular weight is 227 g/mol. The van der Waals surface area contributed by atoms with Gasteiger partial charge >= 0.3 is 0 Å². The van der Waals surface area contributed by atoms with Crippen LogP contribution in [0.25, 0.3) is 0 Å². The Morgan fingerprint density at radius 1 is 1.50 bits per heavy atom. The first-order valence-corrected chi connectivity index (χ1v) is 5.29. The summed E-state index contributed by atoms with van der Waals surface area (Å²) < 4.78 is 18.2. The zero-order valence-electron chi connectivity index (χ0n) is 9.66. The third-order valence-electron chi connectivity index (χ3n) is 2.49. The van der Waals surface area contributed by atoms with Crippen LogP contribution in [0.1, 0.15) is 5.56 Å². The van der Waals surface area contributed by atoms with Gasteiger partial charge in [-0.3, -0.25) is 0 Å². The van der Waals surface area contributed by atoms with E-state index in [0.717, 1.165) is 5.56 Å². The van der Waals surface area contributed by atoms with Gasteiger partial charge in [0.1, 0.15) is 0 Å². The van der Waals surface area contributed by atoms with Crippen molar-refractivity contribution in [3.05, 3.63) is 29.6 Å². The number of aliphatic hydroxyl groups is 1. The van der Waals surface area contributed by atoms with Crippen molar-refractivity contribution in [1.82, 2.24) is 5.32 Å². The van der Waals surface area contributed by atoms with E-state index in [4.69, 9.17) is 9.84 Å². The van der Waals surface area contributed by atoms with E-state index in [9.17, 15) is 4.39 Å².